The Bertz CT molecular complexity index is 887. The van der Waals surface area contributed by atoms with Crippen LogP contribution in [0.15, 0.2) is 58.5 Å². The summed E-state index contributed by atoms with van der Waals surface area (Å²) < 4.78 is 16.2. The van der Waals surface area contributed by atoms with Crippen molar-refractivity contribution in [3.05, 3.63) is 74.8 Å². The van der Waals surface area contributed by atoms with Crippen molar-refractivity contribution in [2.75, 3.05) is 5.32 Å². The molecule has 1 amide bonds. The number of carbonyl (C=O) groups excluding carboxylic acids is 1. The summed E-state index contributed by atoms with van der Waals surface area (Å²) in [6.07, 6.45) is 4.37. The average Bonchev–Trinajstić information content (AvgIpc) is 3.16. The van der Waals surface area contributed by atoms with Gasteiger partial charge in [-0.3, -0.25) is 4.79 Å². The van der Waals surface area contributed by atoms with Crippen LogP contribution in [0.25, 0.3) is 6.08 Å². The van der Waals surface area contributed by atoms with Crippen molar-refractivity contribution in [1.82, 2.24) is 9.78 Å². The number of nitrogens with zero attached hydrogens (tertiary/aromatic N) is 2. The maximum atomic E-state index is 13.5. The predicted octanol–water partition coefficient (Wildman–Crippen LogP) is 4.55. The Balaban J connectivity index is 1.67. The lowest BCUT2D eigenvalue weighted by Crippen LogP contribution is -2.13. The van der Waals surface area contributed by atoms with Crippen molar-refractivity contribution in [1.29, 1.82) is 0 Å². The molecule has 3 rings (SSSR count). The molecule has 2 aromatic heterocycles. The monoisotopic (exact) mass is 405 g/mol. The summed E-state index contributed by atoms with van der Waals surface area (Å²) in [6, 6.07) is 10.0. The van der Waals surface area contributed by atoms with Gasteiger partial charge in [0.15, 0.2) is 0 Å². The number of nitrogens with one attached hydrogen (secondary N) is 1. The summed E-state index contributed by atoms with van der Waals surface area (Å²) in [5.74, 6) is -0.120. The van der Waals surface area contributed by atoms with Gasteiger partial charge in [0.05, 0.1) is 12.7 Å². The molecule has 122 valence electrons. The van der Waals surface area contributed by atoms with Crippen LogP contribution in [0, 0.1) is 5.82 Å². The number of aromatic nitrogens is 2. The van der Waals surface area contributed by atoms with Crippen molar-refractivity contribution < 1.29 is 9.18 Å². The zero-order valence-corrected chi connectivity index (χ0v) is 14.8. The minimum atomic E-state index is -0.366. The van der Waals surface area contributed by atoms with E-state index in [2.05, 4.69) is 26.3 Å². The molecule has 0 bridgehead atoms. The zero-order chi connectivity index (χ0) is 16.9. The molecule has 1 N–H and O–H groups in total. The van der Waals surface area contributed by atoms with Crippen LogP contribution in [0.5, 0.6) is 0 Å². The third kappa shape index (κ3) is 4.18. The summed E-state index contributed by atoms with van der Waals surface area (Å²) in [4.78, 5) is 13.2. The summed E-state index contributed by atoms with van der Waals surface area (Å²) in [7, 11) is 0. The van der Waals surface area contributed by atoms with Crippen molar-refractivity contribution in [3.63, 3.8) is 0 Å². The molecule has 0 aliphatic rings. The maximum Gasteiger partial charge on any atom is 0.249 e. The van der Waals surface area contributed by atoms with E-state index in [1.165, 1.54) is 18.2 Å². The van der Waals surface area contributed by atoms with E-state index in [1.54, 1.807) is 46.5 Å². The van der Waals surface area contributed by atoms with Crippen molar-refractivity contribution in [3.8, 4) is 0 Å². The Labute approximate surface area is 150 Å². The van der Waals surface area contributed by atoms with E-state index in [1.807, 2.05) is 11.4 Å². The lowest BCUT2D eigenvalue weighted by atomic mass is 10.2. The Hall–Kier alpha value is -2.25. The smallest absolute Gasteiger partial charge is 0.249 e. The quantitative estimate of drug-likeness (QED) is 0.633. The van der Waals surface area contributed by atoms with Crippen LogP contribution in [0.1, 0.15) is 10.4 Å². The standard InChI is InChI=1S/C17H13BrFN3OS/c18-13-9-14(24-11-13)10-22-16(7-8-20-22)21-17(23)6-5-12-3-1-2-4-15(12)19/h1-9,11H,10H2,(H,21,23)/b6-5+. The van der Waals surface area contributed by atoms with E-state index in [0.717, 1.165) is 9.35 Å². The molecule has 3 aromatic rings. The molecular weight excluding hydrogens is 393 g/mol. The maximum absolute atomic E-state index is 13.5. The van der Waals surface area contributed by atoms with Gasteiger partial charge in [-0.05, 0) is 34.1 Å². The van der Waals surface area contributed by atoms with E-state index in [4.69, 9.17) is 0 Å². The van der Waals surface area contributed by atoms with Gasteiger partial charge < -0.3 is 5.32 Å². The van der Waals surface area contributed by atoms with E-state index in [9.17, 15) is 9.18 Å². The predicted molar refractivity (Wildman–Crippen MR) is 97.4 cm³/mol. The van der Waals surface area contributed by atoms with Gasteiger partial charge in [0.1, 0.15) is 11.6 Å². The number of halogens is 2. The second kappa shape index (κ2) is 7.55. The first-order chi connectivity index (χ1) is 11.6. The molecule has 0 aliphatic heterocycles. The van der Waals surface area contributed by atoms with Crippen LogP contribution in [0.2, 0.25) is 0 Å². The zero-order valence-electron chi connectivity index (χ0n) is 12.4. The van der Waals surface area contributed by atoms with Gasteiger partial charge in [-0.2, -0.15) is 5.10 Å². The van der Waals surface area contributed by atoms with Crippen LogP contribution in [-0.4, -0.2) is 15.7 Å². The van der Waals surface area contributed by atoms with Crippen LogP contribution >= 0.6 is 27.3 Å². The Kier molecular flexibility index (Phi) is 5.22. The van der Waals surface area contributed by atoms with E-state index < -0.39 is 0 Å². The third-order valence-electron chi connectivity index (χ3n) is 3.21. The minimum Gasteiger partial charge on any atom is -0.307 e. The second-order valence-corrected chi connectivity index (χ2v) is 6.86. The largest absolute Gasteiger partial charge is 0.307 e. The van der Waals surface area contributed by atoms with Crippen molar-refractivity contribution in [2.24, 2.45) is 0 Å². The summed E-state index contributed by atoms with van der Waals surface area (Å²) in [5, 5.41) is 8.96. The first kappa shape index (κ1) is 16.6. The highest BCUT2D eigenvalue weighted by Gasteiger charge is 2.07. The average molecular weight is 406 g/mol. The van der Waals surface area contributed by atoms with Crippen molar-refractivity contribution in [2.45, 2.75) is 6.54 Å². The fourth-order valence-electron chi connectivity index (χ4n) is 2.09. The lowest BCUT2D eigenvalue weighted by molar-refractivity contribution is -0.111. The molecule has 7 heteroatoms. The highest BCUT2D eigenvalue weighted by Crippen LogP contribution is 2.21. The molecule has 4 nitrogen and oxygen atoms in total. The molecule has 0 radical (unpaired) electrons. The number of rotatable bonds is 5. The minimum absolute atomic E-state index is 0.340. The Morgan fingerprint density at radius 3 is 2.96 bits per heavy atom. The molecule has 0 unspecified atom stereocenters. The number of carbonyl (C=O) groups is 1. The topological polar surface area (TPSA) is 46.9 Å². The number of hydrogen-bond acceptors (Lipinski definition) is 3. The first-order valence-electron chi connectivity index (χ1n) is 7.10. The number of benzene rings is 1. The molecule has 0 saturated carbocycles. The van der Waals surface area contributed by atoms with Crippen LogP contribution in [0.4, 0.5) is 10.2 Å². The van der Waals surface area contributed by atoms with Crippen LogP contribution in [-0.2, 0) is 11.3 Å². The van der Waals surface area contributed by atoms with E-state index in [0.29, 0.717) is 17.9 Å². The molecule has 1 aromatic carbocycles. The fraction of sp³-hybridized carbons (Fsp3) is 0.0588. The van der Waals surface area contributed by atoms with E-state index in [-0.39, 0.29) is 11.7 Å². The molecule has 0 atom stereocenters. The molecule has 0 saturated heterocycles. The number of hydrogen-bond donors (Lipinski definition) is 1. The van der Waals surface area contributed by atoms with Gasteiger partial charge in [-0.1, -0.05) is 18.2 Å². The third-order valence-corrected chi connectivity index (χ3v) is 4.90. The van der Waals surface area contributed by atoms with E-state index >= 15 is 0 Å². The highest BCUT2D eigenvalue weighted by atomic mass is 79.9. The molecule has 0 fully saturated rings. The summed E-state index contributed by atoms with van der Waals surface area (Å²) in [5.41, 5.74) is 0.365. The van der Waals surface area contributed by atoms with Crippen LogP contribution in [0.3, 0.4) is 0 Å². The molecule has 2 heterocycles. The SMILES string of the molecule is O=C(/C=C/c1ccccc1F)Nc1ccnn1Cc1cc(Br)cs1. The highest BCUT2D eigenvalue weighted by molar-refractivity contribution is 9.10. The van der Waals surface area contributed by atoms with Gasteiger partial charge in [0, 0.05) is 32.4 Å². The van der Waals surface area contributed by atoms with Crippen LogP contribution < -0.4 is 5.32 Å². The van der Waals surface area contributed by atoms with Gasteiger partial charge in [-0.15, -0.1) is 11.3 Å². The van der Waals surface area contributed by atoms with Gasteiger partial charge in [0.2, 0.25) is 5.91 Å². The normalized spacial score (nSPS) is 11.1. The molecule has 24 heavy (non-hydrogen) atoms. The van der Waals surface area contributed by atoms with Crippen molar-refractivity contribution >= 4 is 45.1 Å². The van der Waals surface area contributed by atoms with Gasteiger partial charge >= 0.3 is 0 Å². The molecular formula is C17H13BrFN3OS. The summed E-state index contributed by atoms with van der Waals surface area (Å²) >= 11 is 5.02. The number of thiophene rings is 1. The van der Waals surface area contributed by atoms with Gasteiger partial charge in [0.25, 0.3) is 0 Å². The van der Waals surface area contributed by atoms with Gasteiger partial charge in [-0.25, -0.2) is 9.07 Å². The molecule has 0 spiro atoms. The Morgan fingerprint density at radius 1 is 1.38 bits per heavy atom. The fourth-order valence-corrected chi connectivity index (χ4v) is 3.52. The number of amides is 1. The number of anilines is 1. The lowest BCUT2D eigenvalue weighted by Gasteiger charge is -2.06. The Morgan fingerprint density at radius 2 is 2.21 bits per heavy atom. The summed E-state index contributed by atoms with van der Waals surface area (Å²) in [6.45, 7) is 0.565. The first-order valence-corrected chi connectivity index (χ1v) is 8.77. The molecule has 0 aliphatic carbocycles. The second-order valence-electron chi connectivity index (χ2n) is 4.95.